The number of hydrogen-bond donors (Lipinski definition) is 2. The molecule has 0 saturated carbocycles. The molecule has 1 atom stereocenters. The average molecular weight is 373 g/mol. The molecular weight excluding hydrogens is 340 g/mol. The fourth-order valence-electron chi connectivity index (χ4n) is 3.06. The van der Waals surface area contributed by atoms with Crippen molar-refractivity contribution in [2.45, 2.75) is 53.9 Å². The lowest BCUT2D eigenvalue weighted by atomic mass is 10.1. The summed E-state index contributed by atoms with van der Waals surface area (Å²) in [6.07, 6.45) is 4.81. The normalized spacial score (nSPS) is 12.9. The predicted molar refractivity (Wildman–Crippen MR) is 113 cm³/mol. The molecule has 2 aromatic rings. The van der Waals surface area contributed by atoms with Crippen molar-refractivity contribution in [3.05, 3.63) is 40.4 Å². The first-order chi connectivity index (χ1) is 13.0. The van der Waals surface area contributed by atoms with E-state index < -0.39 is 0 Å². The van der Waals surface area contributed by atoms with Crippen LogP contribution in [0.2, 0.25) is 0 Å². The number of H-pyrrole nitrogens is 1. The third-order valence-corrected chi connectivity index (χ3v) is 4.50. The van der Waals surface area contributed by atoms with Crippen molar-refractivity contribution >= 4 is 16.6 Å². The standard InChI is InChI=1S/C22H32N2O3/c1-6-10-15(5)14-26-21-20(27-17(7-2)8-3)18-12-11-16(23-9-4)13-19(18)24-22(21)25/h7,11-13,15,23H,6,8-10,14H2,1-5H3,(H,24,25). The number of hydrogen-bond acceptors (Lipinski definition) is 4. The number of allylic oxidation sites excluding steroid dienone is 2. The number of aromatic amines is 1. The molecule has 0 bridgehead atoms. The largest absolute Gasteiger partial charge is 0.485 e. The molecule has 1 aromatic heterocycles. The Kier molecular flexibility index (Phi) is 7.77. The minimum Gasteiger partial charge on any atom is -0.485 e. The molecule has 0 amide bonds. The van der Waals surface area contributed by atoms with Crippen molar-refractivity contribution in [2.75, 3.05) is 18.5 Å². The SMILES string of the molecule is CC=C(CC)Oc1c(OCC(C)CCC)c(=O)[nH]c2cc(NCC)ccc12. The lowest BCUT2D eigenvalue weighted by Crippen LogP contribution is -2.17. The first-order valence-corrected chi connectivity index (χ1v) is 9.93. The van der Waals surface area contributed by atoms with Crippen molar-refractivity contribution in [3.8, 4) is 11.5 Å². The van der Waals surface area contributed by atoms with Gasteiger partial charge in [-0.1, -0.05) is 27.2 Å². The van der Waals surface area contributed by atoms with Gasteiger partial charge in [-0.3, -0.25) is 4.79 Å². The van der Waals surface area contributed by atoms with E-state index in [1.165, 1.54) is 0 Å². The Bertz CT molecular complexity index is 839. The van der Waals surface area contributed by atoms with Crippen LogP contribution in [0, 0.1) is 5.92 Å². The summed E-state index contributed by atoms with van der Waals surface area (Å²) in [6.45, 7) is 11.6. The molecule has 0 saturated heterocycles. The molecule has 0 spiro atoms. The number of pyridine rings is 1. The molecule has 0 radical (unpaired) electrons. The number of rotatable bonds is 10. The maximum atomic E-state index is 12.8. The highest BCUT2D eigenvalue weighted by Gasteiger charge is 2.18. The third kappa shape index (κ3) is 5.28. The van der Waals surface area contributed by atoms with E-state index in [9.17, 15) is 4.79 Å². The second-order valence-electron chi connectivity index (χ2n) is 6.82. The minimum atomic E-state index is -0.263. The molecule has 27 heavy (non-hydrogen) atoms. The Labute approximate surface area is 161 Å². The maximum Gasteiger partial charge on any atom is 0.294 e. The second-order valence-corrected chi connectivity index (χ2v) is 6.82. The van der Waals surface area contributed by atoms with Gasteiger partial charge in [-0.05, 0) is 50.5 Å². The third-order valence-electron chi connectivity index (χ3n) is 4.50. The lowest BCUT2D eigenvalue weighted by molar-refractivity contribution is 0.238. The van der Waals surface area contributed by atoms with Crippen LogP contribution in [0.15, 0.2) is 34.8 Å². The van der Waals surface area contributed by atoms with E-state index in [1.54, 1.807) is 0 Å². The van der Waals surface area contributed by atoms with Gasteiger partial charge in [0.1, 0.15) is 0 Å². The number of benzene rings is 1. The first-order valence-electron chi connectivity index (χ1n) is 9.93. The zero-order chi connectivity index (χ0) is 19.8. The molecule has 0 aliphatic carbocycles. The molecule has 1 aromatic carbocycles. The number of nitrogens with one attached hydrogen (secondary N) is 2. The van der Waals surface area contributed by atoms with Crippen molar-refractivity contribution in [1.82, 2.24) is 4.98 Å². The molecule has 2 rings (SSSR count). The zero-order valence-corrected chi connectivity index (χ0v) is 17.1. The van der Waals surface area contributed by atoms with E-state index in [0.29, 0.717) is 18.3 Å². The van der Waals surface area contributed by atoms with E-state index in [4.69, 9.17) is 9.47 Å². The van der Waals surface area contributed by atoms with Crippen LogP contribution in [0.1, 0.15) is 53.9 Å². The van der Waals surface area contributed by atoms with Crippen LogP contribution < -0.4 is 20.3 Å². The average Bonchev–Trinajstić information content (AvgIpc) is 2.65. The molecule has 5 heteroatoms. The summed E-state index contributed by atoms with van der Waals surface area (Å²) in [5, 5.41) is 4.10. The van der Waals surface area contributed by atoms with Gasteiger partial charge in [-0.2, -0.15) is 0 Å². The molecule has 1 unspecified atom stereocenters. The van der Waals surface area contributed by atoms with Gasteiger partial charge in [0.15, 0.2) is 5.75 Å². The molecule has 148 valence electrons. The fraction of sp³-hybridized carbons (Fsp3) is 0.500. The number of fused-ring (bicyclic) bond motifs is 1. The highest BCUT2D eigenvalue weighted by atomic mass is 16.5. The summed E-state index contributed by atoms with van der Waals surface area (Å²) >= 11 is 0. The van der Waals surface area contributed by atoms with Gasteiger partial charge in [-0.15, -0.1) is 0 Å². The van der Waals surface area contributed by atoms with Crippen molar-refractivity contribution in [3.63, 3.8) is 0 Å². The van der Waals surface area contributed by atoms with Gasteiger partial charge in [-0.25, -0.2) is 0 Å². The monoisotopic (exact) mass is 372 g/mol. The zero-order valence-electron chi connectivity index (χ0n) is 17.1. The van der Waals surface area contributed by atoms with Gasteiger partial charge in [0.25, 0.3) is 5.56 Å². The summed E-state index contributed by atoms with van der Waals surface area (Å²) in [5.74, 6) is 1.94. The molecule has 0 aliphatic heterocycles. The summed E-state index contributed by atoms with van der Waals surface area (Å²) in [6, 6.07) is 5.88. The van der Waals surface area contributed by atoms with Crippen LogP contribution in [-0.4, -0.2) is 18.1 Å². The minimum absolute atomic E-state index is 0.259. The van der Waals surface area contributed by atoms with Gasteiger partial charge in [0.05, 0.1) is 17.9 Å². The number of ether oxygens (including phenoxy) is 2. The van der Waals surface area contributed by atoms with Crippen molar-refractivity contribution in [1.29, 1.82) is 0 Å². The van der Waals surface area contributed by atoms with Crippen LogP contribution in [0.4, 0.5) is 5.69 Å². The van der Waals surface area contributed by atoms with E-state index in [0.717, 1.165) is 48.2 Å². The number of aromatic nitrogens is 1. The van der Waals surface area contributed by atoms with E-state index in [-0.39, 0.29) is 11.3 Å². The van der Waals surface area contributed by atoms with Crippen LogP contribution in [0.25, 0.3) is 10.9 Å². The molecule has 2 N–H and O–H groups in total. The van der Waals surface area contributed by atoms with E-state index >= 15 is 0 Å². The van der Waals surface area contributed by atoms with Crippen LogP contribution >= 0.6 is 0 Å². The van der Waals surface area contributed by atoms with Crippen molar-refractivity contribution < 1.29 is 9.47 Å². The predicted octanol–water partition coefficient (Wildman–Crippen LogP) is 5.47. The summed E-state index contributed by atoms with van der Waals surface area (Å²) in [5.41, 5.74) is 1.42. The fourth-order valence-corrected chi connectivity index (χ4v) is 3.06. The molecular formula is C22H32N2O3. The Morgan fingerprint density at radius 2 is 2.04 bits per heavy atom. The van der Waals surface area contributed by atoms with Gasteiger partial charge < -0.3 is 19.8 Å². The lowest BCUT2D eigenvalue weighted by Gasteiger charge is -2.18. The highest BCUT2D eigenvalue weighted by molar-refractivity contribution is 5.89. The van der Waals surface area contributed by atoms with Crippen LogP contribution in [0.3, 0.4) is 0 Å². The molecule has 0 aliphatic rings. The molecule has 5 nitrogen and oxygen atoms in total. The second kappa shape index (κ2) is 10.0. The highest BCUT2D eigenvalue weighted by Crippen LogP contribution is 2.35. The van der Waals surface area contributed by atoms with Crippen LogP contribution in [-0.2, 0) is 0 Å². The Hall–Kier alpha value is -2.43. The first kappa shape index (κ1) is 20.9. The van der Waals surface area contributed by atoms with Gasteiger partial charge in [0, 0.05) is 24.0 Å². The Morgan fingerprint density at radius 1 is 1.26 bits per heavy atom. The van der Waals surface area contributed by atoms with E-state index in [2.05, 4.69) is 24.1 Å². The van der Waals surface area contributed by atoms with E-state index in [1.807, 2.05) is 45.0 Å². The summed E-state index contributed by atoms with van der Waals surface area (Å²) in [7, 11) is 0. The summed E-state index contributed by atoms with van der Waals surface area (Å²) < 4.78 is 12.1. The van der Waals surface area contributed by atoms with Crippen molar-refractivity contribution in [2.24, 2.45) is 5.92 Å². The smallest absolute Gasteiger partial charge is 0.294 e. The maximum absolute atomic E-state index is 12.8. The van der Waals surface area contributed by atoms with Crippen LogP contribution in [0.5, 0.6) is 11.5 Å². The van der Waals surface area contributed by atoms with Gasteiger partial charge >= 0.3 is 0 Å². The molecule has 1 heterocycles. The Morgan fingerprint density at radius 3 is 2.67 bits per heavy atom. The quantitative estimate of drug-likeness (QED) is 0.543. The Balaban J connectivity index is 2.52. The molecule has 0 fully saturated rings. The topological polar surface area (TPSA) is 63.4 Å². The summed E-state index contributed by atoms with van der Waals surface area (Å²) in [4.78, 5) is 15.7. The number of anilines is 1. The van der Waals surface area contributed by atoms with Gasteiger partial charge in [0.2, 0.25) is 5.75 Å².